The van der Waals surface area contributed by atoms with Crippen molar-refractivity contribution in [3.05, 3.63) is 34.9 Å². The second-order valence-electron chi connectivity index (χ2n) is 6.56. The molecule has 0 aliphatic heterocycles. The van der Waals surface area contributed by atoms with Crippen LogP contribution in [0.2, 0.25) is 5.02 Å². The molecule has 0 spiro atoms. The van der Waals surface area contributed by atoms with Crippen LogP contribution in [0.25, 0.3) is 0 Å². The van der Waals surface area contributed by atoms with Gasteiger partial charge in [-0.05, 0) is 50.1 Å². The zero-order valence-electron chi connectivity index (χ0n) is 13.1. The molecule has 1 aliphatic carbocycles. The van der Waals surface area contributed by atoms with Crippen LogP contribution in [0.1, 0.15) is 45.1 Å². The Kier molecular flexibility index (Phi) is 5.30. The monoisotopic (exact) mass is 327 g/mol. The van der Waals surface area contributed by atoms with E-state index in [9.17, 15) is 5.11 Å². The molecule has 0 heterocycles. The summed E-state index contributed by atoms with van der Waals surface area (Å²) in [5.74, 6) is 0. The summed E-state index contributed by atoms with van der Waals surface area (Å²) >= 11 is 7.68. The smallest absolute Gasteiger partial charge is 0.0750 e. The van der Waals surface area contributed by atoms with E-state index in [1.165, 1.54) is 12.0 Å². The van der Waals surface area contributed by atoms with Crippen molar-refractivity contribution in [3.8, 4) is 0 Å². The van der Waals surface area contributed by atoms with Gasteiger partial charge < -0.3 is 10.8 Å². The molecule has 0 amide bonds. The molecular formula is C17H26ClNOS. The van der Waals surface area contributed by atoms with Gasteiger partial charge in [0.2, 0.25) is 0 Å². The van der Waals surface area contributed by atoms with Crippen molar-refractivity contribution in [2.24, 2.45) is 5.73 Å². The molecule has 2 rings (SSSR count). The molecule has 4 heteroatoms. The summed E-state index contributed by atoms with van der Waals surface area (Å²) in [7, 11) is 0. The quantitative estimate of drug-likeness (QED) is 0.830. The number of hydrogen-bond acceptors (Lipinski definition) is 3. The molecule has 1 aromatic carbocycles. The largest absolute Gasteiger partial charge is 0.389 e. The van der Waals surface area contributed by atoms with Gasteiger partial charge >= 0.3 is 0 Å². The molecule has 0 bridgehead atoms. The van der Waals surface area contributed by atoms with E-state index >= 15 is 0 Å². The van der Waals surface area contributed by atoms with Gasteiger partial charge in [0.15, 0.2) is 0 Å². The maximum Gasteiger partial charge on any atom is 0.0750 e. The minimum absolute atomic E-state index is 0.00665. The molecule has 3 unspecified atom stereocenters. The van der Waals surface area contributed by atoms with Gasteiger partial charge in [-0.1, -0.05) is 37.1 Å². The van der Waals surface area contributed by atoms with E-state index in [0.29, 0.717) is 6.42 Å². The highest BCUT2D eigenvalue weighted by atomic mass is 35.5. The molecule has 118 valence electrons. The van der Waals surface area contributed by atoms with E-state index < -0.39 is 5.60 Å². The Bertz CT molecular complexity index is 470. The average molecular weight is 328 g/mol. The summed E-state index contributed by atoms with van der Waals surface area (Å²) in [4.78, 5) is 0. The Balaban J connectivity index is 2.19. The Hall–Kier alpha value is -0.220. The molecule has 3 atom stereocenters. The van der Waals surface area contributed by atoms with E-state index in [4.69, 9.17) is 17.3 Å². The van der Waals surface area contributed by atoms with Gasteiger partial charge in [0, 0.05) is 21.7 Å². The standard InChI is InChI=1S/C17H26ClNOS/c1-12(21-3)16(2,20)11-15(19)17(9-4-10-17)13-5-7-14(18)8-6-13/h5-8,12,15,20H,4,9-11,19H2,1-3H3. The Morgan fingerprint density at radius 1 is 1.38 bits per heavy atom. The van der Waals surface area contributed by atoms with Gasteiger partial charge in [0.1, 0.15) is 0 Å². The Labute approximate surface area is 137 Å². The van der Waals surface area contributed by atoms with Gasteiger partial charge in [-0.2, -0.15) is 11.8 Å². The molecule has 1 aromatic rings. The second-order valence-corrected chi connectivity index (χ2v) is 8.18. The molecule has 1 fully saturated rings. The Morgan fingerprint density at radius 2 is 1.95 bits per heavy atom. The summed E-state index contributed by atoms with van der Waals surface area (Å²) in [6.45, 7) is 3.97. The zero-order chi connectivity index (χ0) is 15.7. The molecule has 0 aromatic heterocycles. The first-order valence-corrected chi connectivity index (χ1v) is 9.25. The third kappa shape index (κ3) is 3.42. The van der Waals surface area contributed by atoms with E-state index in [1.54, 1.807) is 11.8 Å². The highest BCUT2D eigenvalue weighted by molar-refractivity contribution is 7.99. The second kappa shape index (κ2) is 6.49. The minimum Gasteiger partial charge on any atom is -0.389 e. The lowest BCUT2D eigenvalue weighted by atomic mass is 9.58. The maximum atomic E-state index is 10.7. The van der Waals surface area contributed by atoms with Crippen LogP contribution in [0.3, 0.4) is 0 Å². The normalized spacial score (nSPS) is 23.0. The van der Waals surface area contributed by atoms with E-state index in [2.05, 4.69) is 19.1 Å². The van der Waals surface area contributed by atoms with Crippen LogP contribution in [0, 0.1) is 0 Å². The highest BCUT2D eigenvalue weighted by Crippen LogP contribution is 2.48. The molecule has 2 nitrogen and oxygen atoms in total. The predicted octanol–water partition coefficient (Wildman–Crippen LogP) is 3.98. The zero-order valence-corrected chi connectivity index (χ0v) is 14.7. The number of nitrogens with two attached hydrogens (primary N) is 1. The highest BCUT2D eigenvalue weighted by Gasteiger charge is 2.46. The first-order valence-electron chi connectivity index (χ1n) is 7.58. The van der Waals surface area contributed by atoms with Gasteiger partial charge in [-0.3, -0.25) is 0 Å². The predicted molar refractivity (Wildman–Crippen MR) is 93.2 cm³/mol. The summed E-state index contributed by atoms with van der Waals surface area (Å²) < 4.78 is 0. The third-order valence-electron chi connectivity index (χ3n) is 5.24. The lowest BCUT2D eigenvalue weighted by Gasteiger charge is -2.49. The lowest BCUT2D eigenvalue weighted by Crippen LogP contribution is -2.54. The topological polar surface area (TPSA) is 46.2 Å². The van der Waals surface area contributed by atoms with Crippen molar-refractivity contribution >= 4 is 23.4 Å². The van der Waals surface area contributed by atoms with Crippen molar-refractivity contribution < 1.29 is 5.11 Å². The lowest BCUT2D eigenvalue weighted by molar-refractivity contribution is 0.0263. The number of halogens is 1. The molecular weight excluding hydrogens is 302 g/mol. The fourth-order valence-electron chi connectivity index (χ4n) is 3.27. The molecule has 21 heavy (non-hydrogen) atoms. The molecule has 1 saturated carbocycles. The van der Waals surface area contributed by atoms with Gasteiger partial charge in [-0.25, -0.2) is 0 Å². The maximum absolute atomic E-state index is 10.7. The van der Waals surface area contributed by atoms with Gasteiger partial charge in [-0.15, -0.1) is 0 Å². The van der Waals surface area contributed by atoms with Crippen LogP contribution in [-0.4, -0.2) is 28.3 Å². The van der Waals surface area contributed by atoms with Gasteiger partial charge in [0.05, 0.1) is 5.60 Å². The number of hydrogen-bond donors (Lipinski definition) is 2. The first kappa shape index (κ1) is 17.1. The first-order chi connectivity index (χ1) is 9.82. The third-order valence-corrected chi connectivity index (χ3v) is 6.70. The van der Waals surface area contributed by atoms with Crippen molar-refractivity contribution in [2.75, 3.05) is 6.26 Å². The van der Waals surface area contributed by atoms with Crippen LogP contribution in [0.15, 0.2) is 24.3 Å². The fourth-order valence-corrected chi connectivity index (χ4v) is 4.00. The molecule has 1 aliphatic rings. The van der Waals surface area contributed by atoms with Crippen molar-refractivity contribution in [1.29, 1.82) is 0 Å². The van der Waals surface area contributed by atoms with E-state index in [1.807, 2.05) is 25.3 Å². The summed E-state index contributed by atoms with van der Waals surface area (Å²) in [5, 5.41) is 11.6. The summed E-state index contributed by atoms with van der Waals surface area (Å²) in [6.07, 6.45) is 6.05. The van der Waals surface area contributed by atoms with E-state index in [-0.39, 0.29) is 16.7 Å². The van der Waals surface area contributed by atoms with Crippen LogP contribution in [0.4, 0.5) is 0 Å². The SMILES string of the molecule is CSC(C)C(C)(O)CC(N)C1(c2ccc(Cl)cc2)CCC1. The number of benzene rings is 1. The Morgan fingerprint density at radius 3 is 2.38 bits per heavy atom. The summed E-state index contributed by atoms with van der Waals surface area (Å²) in [6, 6.07) is 8.03. The van der Waals surface area contributed by atoms with Crippen molar-refractivity contribution in [2.45, 2.75) is 61.8 Å². The van der Waals surface area contributed by atoms with Crippen LogP contribution >= 0.6 is 23.4 Å². The van der Waals surface area contributed by atoms with Gasteiger partial charge in [0.25, 0.3) is 0 Å². The molecule has 0 radical (unpaired) electrons. The van der Waals surface area contributed by atoms with E-state index in [0.717, 1.165) is 17.9 Å². The van der Waals surface area contributed by atoms with Crippen LogP contribution in [-0.2, 0) is 5.41 Å². The number of aliphatic hydroxyl groups is 1. The fraction of sp³-hybridized carbons (Fsp3) is 0.647. The minimum atomic E-state index is -0.742. The summed E-state index contributed by atoms with van der Waals surface area (Å²) in [5.41, 5.74) is 7.09. The van der Waals surface area contributed by atoms with Crippen LogP contribution < -0.4 is 5.73 Å². The molecule has 0 saturated heterocycles. The number of rotatable bonds is 6. The number of thioether (sulfide) groups is 1. The average Bonchev–Trinajstić information content (AvgIpc) is 2.38. The van der Waals surface area contributed by atoms with Crippen LogP contribution in [0.5, 0.6) is 0 Å². The molecule has 3 N–H and O–H groups in total. The van der Waals surface area contributed by atoms with Crippen molar-refractivity contribution in [3.63, 3.8) is 0 Å². The van der Waals surface area contributed by atoms with Crippen molar-refractivity contribution in [1.82, 2.24) is 0 Å².